The largest absolute Gasteiger partial charge is 0.387 e. The van der Waals surface area contributed by atoms with Gasteiger partial charge in [-0.2, -0.15) is 0 Å². The van der Waals surface area contributed by atoms with Gasteiger partial charge in [-0.05, 0) is 60.7 Å². The van der Waals surface area contributed by atoms with Crippen LogP contribution in [-0.4, -0.2) is 16.6 Å². The summed E-state index contributed by atoms with van der Waals surface area (Å²) >= 11 is 0. The number of nitrogens with one attached hydrogen (secondary N) is 1. The molecule has 2 N–H and O–H groups in total. The average Bonchev–Trinajstić information content (AvgIpc) is 2.45. The fraction of sp³-hybridized carbons (Fsp3) is 0.353. The molecule has 0 bridgehead atoms. The maximum absolute atomic E-state index is 10.1. The number of aliphatic hydroxyl groups is 1. The van der Waals surface area contributed by atoms with Crippen LogP contribution in [0.3, 0.4) is 0 Å². The summed E-state index contributed by atoms with van der Waals surface area (Å²) in [7, 11) is 0. The third-order valence-electron chi connectivity index (χ3n) is 3.70. The molecule has 106 valence electrons. The lowest BCUT2D eigenvalue weighted by Gasteiger charge is -2.14. The molecule has 0 fully saturated rings. The van der Waals surface area contributed by atoms with E-state index in [4.69, 9.17) is 0 Å². The summed E-state index contributed by atoms with van der Waals surface area (Å²) in [4.78, 5) is 3.95. The number of nitrogens with zero attached hydrogens (tertiary/aromatic N) is 1. The van der Waals surface area contributed by atoms with Crippen molar-refractivity contribution in [3.05, 3.63) is 64.5 Å². The molecule has 0 saturated carbocycles. The number of benzene rings is 1. The van der Waals surface area contributed by atoms with Gasteiger partial charge in [0.05, 0.1) is 6.10 Å². The molecule has 2 aromatic rings. The number of hydrogen-bond donors (Lipinski definition) is 2. The van der Waals surface area contributed by atoms with Gasteiger partial charge in [-0.25, -0.2) is 0 Å². The third kappa shape index (κ3) is 3.65. The summed E-state index contributed by atoms with van der Waals surface area (Å²) in [5.41, 5.74) is 6.10. The normalized spacial score (nSPS) is 12.4. The molecule has 0 aliphatic heterocycles. The Morgan fingerprint density at radius 3 is 2.40 bits per heavy atom. The summed E-state index contributed by atoms with van der Waals surface area (Å²) in [5, 5.41) is 13.4. The predicted octanol–water partition coefficient (Wildman–Crippen LogP) is 2.83. The monoisotopic (exact) mass is 270 g/mol. The van der Waals surface area contributed by atoms with Crippen molar-refractivity contribution in [2.45, 2.75) is 33.4 Å². The SMILES string of the molecule is Cc1cc(C)c(CNCC(O)c2ccncc2)cc1C. The van der Waals surface area contributed by atoms with Crippen LogP contribution in [0, 0.1) is 20.8 Å². The predicted molar refractivity (Wildman–Crippen MR) is 81.6 cm³/mol. The molecule has 0 aliphatic carbocycles. The molecule has 1 unspecified atom stereocenters. The number of rotatable bonds is 5. The molecule has 3 nitrogen and oxygen atoms in total. The van der Waals surface area contributed by atoms with Crippen LogP contribution < -0.4 is 5.32 Å². The van der Waals surface area contributed by atoms with E-state index in [0.717, 1.165) is 12.1 Å². The zero-order valence-electron chi connectivity index (χ0n) is 12.4. The Balaban J connectivity index is 1.92. The van der Waals surface area contributed by atoms with Gasteiger partial charge >= 0.3 is 0 Å². The third-order valence-corrected chi connectivity index (χ3v) is 3.70. The lowest BCUT2D eigenvalue weighted by Crippen LogP contribution is -2.21. The van der Waals surface area contributed by atoms with E-state index < -0.39 is 6.10 Å². The molecule has 0 saturated heterocycles. The van der Waals surface area contributed by atoms with E-state index in [1.807, 2.05) is 12.1 Å². The van der Waals surface area contributed by atoms with Crippen molar-refractivity contribution < 1.29 is 5.11 Å². The standard InChI is InChI=1S/C17H22N2O/c1-12-8-14(3)16(9-13(12)2)10-19-11-17(20)15-4-6-18-7-5-15/h4-9,17,19-20H,10-11H2,1-3H3. The maximum atomic E-state index is 10.1. The molecule has 3 heteroatoms. The van der Waals surface area contributed by atoms with E-state index in [1.165, 1.54) is 22.3 Å². The quantitative estimate of drug-likeness (QED) is 0.878. The van der Waals surface area contributed by atoms with Gasteiger partial charge in [0.2, 0.25) is 0 Å². The summed E-state index contributed by atoms with van der Waals surface area (Å²) in [6.45, 7) is 7.70. The Morgan fingerprint density at radius 2 is 1.70 bits per heavy atom. The van der Waals surface area contributed by atoms with Crippen molar-refractivity contribution >= 4 is 0 Å². The van der Waals surface area contributed by atoms with Gasteiger partial charge in [-0.3, -0.25) is 4.98 Å². The maximum Gasteiger partial charge on any atom is 0.0915 e. The highest BCUT2D eigenvalue weighted by Crippen LogP contribution is 2.15. The van der Waals surface area contributed by atoms with Crippen molar-refractivity contribution in [1.29, 1.82) is 0 Å². The van der Waals surface area contributed by atoms with Gasteiger partial charge in [-0.1, -0.05) is 12.1 Å². The number of hydrogen-bond acceptors (Lipinski definition) is 3. The molecular formula is C17H22N2O. The molecule has 0 radical (unpaired) electrons. The number of aromatic nitrogens is 1. The topological polar surface area (TPSA) is 45.1 Å². The highest BCUT2D eigenvalue weighted by molar-refractivity contribution is 5.36. The van der Waals surface area contributed by atoms with Crippen LogP contribution in [0.4, 0.5) is 0 Å². The first-order valence-electron chi connectivity index (χ1n) is 6.93. The summed E-state index contributed by atoms with van der Waals surface area (Å²) in [6, 6.07) is 8.11. The Labute approximate surface area is 120 Å². The first kappa shape index (κ1) is 14.7. The summed E-state index contributed by atoms with van der Waals surface area (Å²) < 4.78 is 0. The first-order chi connectivity index (χ1) is 9.58. The van der Waals surface area contributed by atoms with E-state index in [2.05, 4.69) is 43.2 Å². The van der Waals surface area contributed by atoms with Crippen LogP contribution >= 0.6 is 0 Å². The van der Waals surface area contributed by atoms with Gasteiger partial charge in [0.1, 0.15) is 0 Å². The van der Waals surface area contributed by atoms with Gasteiger partial charge in [0.15, 0.2) is 0 Å². The Kier molecular flexibility index (Phi) is 4.88. The smallest absolute Gasteiger partial charge is 0.0915 e. The molecule has 1 heterocycles. The van der Waals surface area contributed by atoms with Crippen molar-refractivity contribution in [2.75, 3.05) is 6.54 Å². The zero-order chi connectivity index (χ0) is 14.5. The van der Waals surface area contributed by atoms with Gasteiger partial charge in [0, 0.05) is 25.5 Å². The lowest BCUT2D eigenvalue weighted by molar-refractivity contribution is 0.174. The Morgan fingerprint density at radius 1 is 1.05 bits per heavy atom. The molecule has 20 heavy (non-hydrogen) atoms. The molecule has 0 amide bonds. The minimum Gasteiger partial charge on any atom is -0.387 e. The second-order valence-corrected chi connectivity index (χ2v) is 5.29. The van der Waals surface area contributed by atoms with Gasteiger partial charge < -0.3 is 10.4 Å². The number of aliphatic hydroxyl groups excluding tert-OH is 1. The Hall–Kier alpha value is -1.71. The van der Waals surface area contributed by atoms with E-state index in [0.29, 0.717) is 6.54 Å². The highest BCUT2D eigenvalue weighted by Gasteiger charge is 2.07. The highest BCUT2D eigenvalue weighted by atomic mass is 16.3. The van der Waals surface area contributed by atoms with E-state index in [1.54, 1.807) is 12.4 Å². The minimum absolute atomic E-state index is 0.496. The fourth-order valence-corrected chi connectivity index (χ4v) is 2.26. The Bertz CT molecular complexity index is 567. The van der Waals surface area contributed by atoms with Crippen LogP contribution in [0.25, 0.3) is 0 Å². The molecular weight excluding hydrogens is 248 g/mol. The lowest BCUT2D eigenvalue weighted by atomic mass is 10.0. The van der Waals surface area contributed by atoms with Crippen LogP contribution in [0.2, 0.25) is 0 Å². The first-order valence-corrected chi connectivity index (χ1v) is 6.93. The van der Waals surface area contributed by atoms with Crippen LogP contribution in [-0.2, 0) is 6.54 Å². The average molecular weight is 270 g/mol. The number of aryl methyl sites for hydroxylation is 3. The van der Waals surface area contributed by atoms with Gasteiger partial charge in [-0.15, -0.1) is 0 Å². The van der Waals surface area contributed by atoms with Crippen molar-refractivity contribution in [3.63, 3.8) is 0 Å². The van der Waals surface area contributed by atoms with E-state index in [-0.39, 0.29) is 0 Å². The number of pyridine rings is 1. The molecule has 2 rings (SSSR count). The van der Waals surface area contributed by atoms with Crippen LogP contribution in [0.15, 0.2) is 36.7 Å². The molecule has 0 aliphatic rings. The van der Waals surface area contributed by atoms with Gasteiger partial charge in [0.25, 0.3) is 0 Å². The molecule has 1 atom stereocenters. The van der Waals surface area contributed by atoms with Crippen molar-refractivity contribution in [3.8, 4) is 0 Å². The second-order valence-electron chi connectivity index (χ2n) is 5.29. The van der Waals surface area contributed by atoms with Crippen LogP contribution in [0.1, 0.15) is 33.9 Å². The molecule has 1 aromatic carbocycles. The fourth-order valence-electron chi connectivity index (χ4n) is 2.26. The second kappa shape index (κ2) is 6.64. The van der Waals surface area contributed by atoms with Crippen molar-refractivity contribution in [1.82, 2.24) is 10.3 Å². The van der Waals surface area contributed by atoms with E-state index >= 15 is 0 Å². The minimum atomic E-state index is -0.496. The summed E-state index contributed by atoms with van der Waals surface area (Å²) in [5.74, 6) is 0. The molecule has 0 spiro atoms. The zero-order valence-corrected chi connectivity index (χ0v) is 12.4. The molecule has 1 aromatic heterocycles. The summed E-state index contributed by atoms with van der Waals surface area (Å²) in [6.07, 6.45) is 2.91. The van der Waals surface area contributed by atoms with Crippen LogP contribution in [0.5, 0.6) is 0 Å². The van der Waals surface area contributed by atoms with Crippen molar-refractivity contribution in [2.24, 2.45) is 0 Å². The van der Waals surface area contributed by atoms with E-state index in [9.17, 15) is 5.11 Å².